The highest BCUT2D eigenvalue weighted by Gasteiger charge is 2.51. The standard InChI is InChI=1S/C45H34N2O2S2/c48-40-36-26-13-15-28-38(36)46-42(44(40,32-18-5-1-6-19-32)33-20-7-2-8-21-33)50-30-17-31-51-43-45(34-22-9-3-10-23-34,35-24-11-4-12-25-35)41(49)37-27-14-16-29-39(37)47-43/h1-16,18-29H,17,30-31H2. The summed E-state index contributed by atoms with van der Waals surface area (Å²) in [6.07, 6.45) is 0.804. The largest absolute Gasteiger partial charge is 0.292 e. The molecule has 0 amide bonds. The molecule has 2 aliphatic heterocycles. The minimum atomic E-state index is -1.06. The highest BCUT2D eigenvalue weighted by Crippen LogP contribution is 2.48. The van der Waals surface area contributed by atoms with Crippen LogP contribution in [0, 0.1) is 0 Å². The van der Waals surface area contributed by atoms with E-state index in [9.17, 15) is 9.59 Å². The van der Waals surface area contributed by atoms with Crippen LogP contribution in [0.25, 0.3) is 0 Å². The van der Waals surface area contributed by atoms with E-state index in [2.05, 4.69) is 0 Å². The Morgan fingerprint density at radius 2 is 0.686 bits per heavy atom. The number of fused-ring (bicyclic) bond motifs is 2. The number of hydrogen-bond acceptors (Lipinski definition) is 6. The van der Waals surface area contributed by atoms with Crippen molar-refractivity contribution >= 4 is 56.6 Å². The summed E-state index contributed by atoms with van der Waals surface area (Å²) < 4.78 is 0. The van der Waals surface area contributed by atoms with Crippen molar-refractivity contribution < 1.29 is 9.59 Å². The number of benzene rings is 6. The van der Waals surface area contributed by atoms with Crippen molar-refractivity contribution in [3.05, 3.63) is 203 Å². The van der Waals surface area contributed by atoms with Crippen LogP contribution in [0.15, 0.2) is 180 Å². The van der Waals surface area contributed by atoms with Crippen LogP contribution in [0.4, 0.5) is 11.4 Å². The Labute approximate surface area is 306 Å². The number of rotatable bonds is 8. The molecule has 0 atom stereocenters. The smallest absolute Gasteiger partial charge is 0.186 e. The normalized spacial score (nSPS) is 15.7. The molecule has 0 radical (unpaired) electrons. The first-order chi connectivity index (χ1) is 25.1. The first-order valence-corrected chi connectivity index (χ1v) is 19.1. The maximum absolute atomic E-state index is 14.8. The number of ketones is 2. The van der Waals surface area contributed by atoms with Crippen molar-refractivity contribution in [1.29, 1.82) is 0 Å². The molecule has 0 saturated heterocycles. The summed E-state index contributed by atoms with van der Waals surface area (Å²) in [5.74, 6) is 1.52. The summed E-state index contributed by atoms with van der Waals surface area (Å²) >= 11 is 3.28. The quantitative estimate of drug-likeness (QED) is 0.149. The Morgan fingerprint density at radius 3 is 1.02 bits per heavy atom. The SMILES string of the molecule is O=C1c2ccccc2N=C(SCCCSC2=Nc3ccccc3C(=O)C2(c2ccccc2)c2ccccc2)C1(c1ccccc1)c1ccccc1. The molecule has 8 rings (SSSR count). The molecule has 248 valence electrons. The molecular formula is C45H34N2O2S2. The van der Waals surface area contributed by atoms with Crippen LogP contribution in [0.3, 0.4) is 0 Å². The van der Waals surface area contributed by atoms with E-state index >= 15 is 0 Å². The average molecular weight is 699 g/mol. The van der Waals surface area contributed by atoms with Crippen molar-refractivity contribution in [2.24, 2.45) is 9.98 Å². The molecule has 6 heteroatoms. The maximum atomic E-state index is 14.8. The van der Waals surface area contributed by atoms with Gasteiger partial charge in [-0.25, -0.2) is 9.98 Å². The van der Waals surface area contributed by atoms with Gasteiger partial charge in [-0.1, -0.05) is 146 Å². The van der Waals surface area contributed by atoms with E-state index in [1.165, 1.54) is 0 Å². The molecule has 0 bridgehead atoms. The molecule has 0 fully saturated rings. The van der Waals surface area contributed by atoms with Crippen molar-refractivity contribution in [3.63, 3.8) is 0 Å². The van der Waals surface area contributed by atoms with E-state index in [4.69, 9.17) is 9.98 Å². The molecule has 2 aliphatic rings. The number of aliphatic imine (C=N–C) groups is 2. The Kier molecular flexibility index (Phi) is 9.12. The lowest BCUT2D eigenvalue weighted by Crippen LogP contribution is -2.46. The minimum absolute atomic E-state index is 0.0339. The zero-order valence-corrected chi connectivity index (χ0v) is 29.4. The highest BCUT2D eigenvalue weighted by molar-refractivity contribution is 8.15. The lowest BCUT2D eigenvalue weighted by atomic mass is 9.68. The summed E-state index contributed by atoms with van der Waals surface area (Å²) in [7, 11) is 0. The monoisotopic (exact) mass is 698 g/mol. The molecule has 0 N–H and O–H groups in total. The predicted molar refractivity (Wildman–Crippen MR) is 213 cm³/mol. The van der Waals surface area contributed by atoms with Gasteiger partial charge in [0.25, 0.3) is 0 Å². The molecule has 4 nitrogen and oxygen atoms in total. The van der Waals surface area contributed by atoms with Gasteiger partial charge in [0, 0.05) is 22.6 Å². The van der Waals surface area contributed by atoms with E-state index in [1.54, 1.807) is 23.5 Å². The highest BCUT2D eigenvalue weighted by atomic mass is 32.2. The first-order valence-electron chi connectivity index (χ1n) is 17.1. The van der Waals surface area contributed by atoms with Crippen LogP contribution in [0.2, 0.25) is 0 Å². The van der Waals surface area contributed by atoms with Gasteiger partial charge in [0.2, 0.25) is 0 Å². The van der Waals surface area contributed by atoms with Crippen LogP contribution in [-0.2, 0) is 10.8 Å². The third-order valence-electron chi connectivity index (χ3n) is 9.66. The van der Waals surface area contributed by atoms with Gasteiger partial charge in [-0.2, -0.15) is 0 Å². The fourth-order valence-electron chi connectivity index (χ4n) is 7.29. The van der Waals surface area contributed by atoms with Crippen LogP contribution in [-0.4, -0.2) is 33.2 Å². The van der Waals surface area contributed by atoms with Gasteiger partial charge in [-0.05, 0) is 52.9 Å². The molecule has 0 saturated carbocycles. The number of para-hydroxylation sites is 2. The molecule has 0 aromatic heterocycles. The minimum Gasteiger partial charge on any atom is -0.292 e. The zero-order valence-electron chi connectivity index (χ0n) is 27.8. The van der Waals surface area contributed by atoms with Gasteiger partial charge in [-0.3, -0.25) is 9.59 Å². The second-order valence-corrected chi connectivity index (χ2v) is 14.7. The van der Waals surface area contributed by atoms with E-state index in [0.29, 0.717) is 22.5 Å². The Morgan fingerprint density at radius 1 is 0.392 bits per heavy atom. The average Bonchev–Trinajstić information content (AvgIpc) is 3.20. The Bertz CT molecular complexity index is 2030. The number of carbonyl (C=O) groups is 2. The van der Waals surface area contributed by atoms with Crippen LogP contribution in [0.1, 0.15) is 49.4 Å². The fourth-order valence-corrected chi connectivity index (χ4v) is 9.86. The second-order valence-electron chi connectivity index (χ2n) is 12.5. The molecule has 51 heavy (non-hydrogen) atoms. The van der Waals surface area contributed by atoms with Crippen molar-refractivity contribution in [2.75, 3.05) is 11.5 Å². The van der Waals surface area contributed by atoms with E-state index < -0.39 is 10.8 Å². The molecule has 6 aromatic carbocycles. The van der Waals surface area contributed by atoms with Gasteiger partial charge in [-0.15, -0.1) is 23.5 Å². The van der Waals surface area contributed by atoms with Gasteiger partial charge in [0.05, 0.1) is 21.5 Å². The summed E-state index contributed by atoms with van der Waals surface area (Å²) in [5, 5.41) is 1.55. The lowest BCUT2D eigenvalue weighted by Gasteiger charge is -2.38. The number of carbonyl (C=O) groups excluding carboxylic acids is 2. The fraction of sp³-hybridized carbons (Fsp3) is 0.111. The van der Waals surface area contributed by atoms with E-state index in [1.807, 2.05) is 170 Å². The molecular weight excluding hydrogens is 665 g/mol. The van der Waals surface area contributed by atoms with Crippen LogP contribution in [0.5, 0.6) is 0 Å². The van der Waals surface area contributed by atoms with Crippen molar-refractivity contribution in [2.45, 2.75) is 17.3 Å². The summed E-state index contributed by atoms with van der Waals surface area (Å²) in [4.78, 5) is 40.0. The summed E-state index contributed by atoms with van der Waals surface area (Å²) in [6.45, 7) is 0. The number of nitrogens with zero attached hydrogens (tertiary/aromatic N) is 2. The van der Waals surface area contributed by atoms with Crippen LogP contribution < -0.4 is 0 Å². The zero-order chi connectivity index (χ0) is 34.7. The molecule has 2 heterocycles. The lowest BCUT2D eigenvalue weighted by molar-refractivity contribution is 0.0941. The Hall–Kier alpha value is -5.30. The third kappa shape index (κ3) is 5.59. The number of Topliss-reactive ketones (excluding diaryl/α,β-unsaturated/α-hetero) is 2. The second kappa shape index (κ2) is 14.1. The molecule has 6 aromatic rings. The Balaban J connectivity index is 1.13. The maximum Gasteiger partial charge on any atom is 0.186 e. The molecule has 0 unspecified atom stereocenters. The van der Waals surface area contributed by atoms with Crippen molar-refractivity contribution in [3.8, 4) is 0 Å². The van der Waals surface area contributed by atoms with Crippen LogP contribution >= 0.6 is 23.5 Å². The van der Waals surface area contributed by atoms with Crippen molar-refractivity contribution in [1.82, 2.24) is 0 Å². The topological polar surface area (TPSA) is 58.9 Å². The van der Waals surface area contributed by atoms with E-state index in [-0.39, 0.29) is 11.6 Å². The third-order valence-corrected chi connectivity index (χ3v) is 12.0. The first kappa shape index (κ1) is 32.9. The summed E-state index contributed by atoms with van der Waals surface area (Å²) in [5.41, 5.74) is 4.15. The van der Waals surface area contributed by atoms with Gasteiger partial charge >= 0.3 is 0 Å². The predicted octanol–water partition coefficient (Wildman–Crippen LogP) is 10.7. The number of thioether (sulfide) groups is 2. The van der Waals surface area contributed by atoms with Gasteiger partial charge in [0.15, 0.2) is 11.6 Å². The number of hydrogen-bond donors (Lipinski definition) is 0. The molecule has 0 aliphatic carbocycles. The van der Waals surface area contributed by atoms with Gasteiger partial charge < -0.3 is 0 Å². The summed E-state index contributed by atoms with van der Waals surface area (Å²) in [6, 6.07) is 55.4. The molecule has 0 spiro atoms. The van der Waals surface area contributed by atoms with E-state index in [0.717, 1.165) is 50.3 Å². The van der Waals surface area contributed by atoms with Gasteiger partial charge in [0.1, 0.15) is 10.8 Å².